The number of ether oxygens (including phenoxy) is 1. The van der Waals surface area contributed by atoms with E-state index in [9.17, 15) is 15.0 Å². The van der Waals surface area contributed by atoms with Crippen molar-refractivity contribution in [3.05, 3.63) is 22.5 Å². The summed E-state index contributed by atoms with van der Waals surface area (Å²) in [6.07, 6.45) is -3.63. The average molecular weight is 250 g/mol. The van der Waals surface area contributed by atoms with E-state index in [1.54, 1.807) is 6.07 Å². The molecular weight excluding hydrogens is 240 g/mol. The Labute approximate surface area is 100 Å². The van der Waals surface area contributed by atoms with Gasteiger partial charge in [-0.2, -0.15) is 0 Å². The van der Waals surface area contributed by atoms with Gasteiger partial charge in [0.1, 0.15) is 23.8 Å². The highest BCUT2D eigenvalue weighted by atomic mass is 16.6. The molecule has 4 heterocycles. The predicted molar refractivity (Wildman–Crippen MR) is 57.7 cm³/mol. The first kappa shape index (κ1) is 10.2. The number of hydrogen-bond donors (Lipinski definition) is 2. The van der Waals surface area contributed by atoms with Gasteiger partial charge in [-0.1, -0.05) is 5.21 Å². The molecule has 0 spiro atoms. The first-order valence-corrected chi connectivity index (χ1v) is 5.63. The summed E-state index contributed by atoms with van der Waals surface area (Å²) in [7, 11) is 0. The summed E-state index contributed by atoms with van der Waals surface area (Å²) in [6, 6.07) is 2.93. The molecule has 0 radical (unpaired) electrons. The lowest BCUT2D eigenvalue weighted by atomic mass is 10.1. The highest BCUT2D eigenvalue weighted by Gasteiger charge is 2.47. The van der Waals surface area contributed by atoms with Crippen molar-refractivity contribution in [3.8, 4) is 0 Å². The van der Waals surface area contributed by atoms with E-state index in [2.05, 4.69) is 10.3 Å². The van der Waals surface area contributed by atoms with Gasteiger partial charge in [-0.25, -0.2) is 4.68 Å². The van der Waals surface area contributed by atoms with Gasteiger partial charge < -0.3 is 14.9 Å². The van der Waals surface area contributed by atoms with Crippen LogP contribution < -0.4 is 5.56 Å². The van der Waals surface area contributed by atoms with E-state index < -0.39 is 24.5 Å². The van der Waals surface area contributed by atoms with Crippen LogP contribution in [0.15, 0.2) is 16.9 Å². The Morgan fingerprint density at radius 2 is 2.17 bits per heavy atom. The fourth-order valence-electron chi connectivity index (χ4n) is 2.64. The minimum absolute atomic E-state index is 0.259. The third kappa shape index (κ3) is 1.07. The van der Waals surface area contributed by atoms with Crippen molar-refractivity contribution in [1.82, 2.24) is 19.6 Å². The normalized spacial score (nSPS) is 33.9. The van der Waals surface area contributed by atoms with E-state index in [4.69, 9.17) is 4.74 Å². The minimum atomic E-state index is -1.12. The number of aromatic nitrogens is 4. The molecule has 0 aliphatic carbocycles. The van der Waals surface area contributed by atoms with Crippen LogP contribution in [0.2, 0.25) is 0 Å². The van der Waals surface area contributed by atoms with Crippen LogP contribution in [0, 0.1) is 0 Å². The second-order valence-electron chi connectivity index (χ2n) is 4.57. The van der Waals surface area contributed by atoms with Crippen molar-refractivity contribution in [1.29, 1.82) is 0 Å². The summed E-state index contributed by atoms with van der Waals surface area (Å²) in [5.74, 6) is 0. The topological polar surface area (TPSA) is 102 Å². The molecule has 2 bridgehead atoms. The summed E-state index contributed by atoms with van der Waals surface area (Å²) < 4.78 is 8.36. The highest BCUT2D eigenvalue weighted by Crippen LogP contribution is 2.33. The Balaban J connectivity index is 2.10. The highest BCUT2D eigenvalue weighted by molar-refractivity contribution is 5.70. The van der Waals surface area contributed by atoms with Gasteiger partial charge in [-0.05, 0) is 6.07 Å². The second-order valence-corrected chi connectivity index (χ2v) is 4.57. The molecule has 2 aromatic rings. The van der Waals surface area contributed by atoms with Crippen molar-refractivity contribution < 1.29 is 14.9 Å². The van der Waals surface area contributed by atoms with Crippen molar-refractivity contribution in [2.45, 2.75) is 31.1 Å². The Morgan fingerprint density at radius 1 is 1.33 bits per heavy atom. The van der Waals surface area contributed by atoms with Crippen molar-refractivity contribution >= 4 is 11.2 Å². The molecule has 94 valence electrons. The van der Waals surface area contributed by atoms with Crippen molar-refractivity contribution in [3.63, 3.8) is 0 Å². The molecule has 18 heavy (non-hydrogen) atoms. The lowest BCUT2D eigenvalue weighted by Gasteiger charge is -2.19. The van der Waals surface area contributed by atoms with Gasteiger partial charge in [0.15, 0.2) is 11.9 Å². The summed E-state index contributed by atoms with van der Waals surface area (Å²) in [4.78, 5) is 12.0. The maximum atomic E-state index is 12.0. The van der Waals surface area contributed by atoms with Crippen LogP contribution >= 0.6 is 0 Å². The Kier molecular flexibility index (Phi) is 1.79. The molecule has 8 heteroatoms. The fourth-order valence-corrected chi connectivity index (χ4v) is 2.64. The molecule has 1 saturated heterocycles. The minimum Gasteiger partial charge on any atom is -0.387 e. The number of nitrogens with zero attached hydrogens (tertiary/aromatic N) is 4. The summed E-state index contributed by atoms with van der Waals surface area (Å²) in [5.41, 5.74) is 0.762. The van der Waals surface area contributed by atoms with Gasteiger partial charge in [0.05, 0.1) is 6.54 Å². The molecule has 1 fully saturated rings. The third-order valence-corrected chi connectivity index (χ3v) is 3.53. The lowest BCUT2D eigenvalue weighted by molar-refractivity contribution is -0.0351. The number of hydrogen-bond acceptors (Lipinski definition) is 6. The molecule has 0 aromatic carbocycles. The fraction of sp³-hybridized carbons (Fsp3) is 0.500. The number of rotatable bonds is 0. The third-order valence-electron chi connectivity index (χ3n) is 3.53. The zero-order valence-corrected chi connectivity index (χ0v) is 9.17. The Morgan fingerprint density at radius 3 is 3.00 bits per heavy atom. The molecule has 8 nitrogen and oxygen atoms in total. The van der Waals surface area contributed by atoms with Gasteiger partial charge in [0.25, 0.3) is 5.56 Å². The smallest absolute Gasteiger partial charge is 0.254 e. The Bertz CT molecular complexity index is 693. The van der Waals surface area contributed by atoms with Crippen LogP contribution in [-0.4, -0.2) is 48.1 Å². The molecule has 2 N–H and O–H groups in total. The zero-order valence-electron chi connectivity index (χ0n) is 9.17. The monoisotopic (exact) mass is 250 g/mol. The second kappa shape index (κ2) is 3.16. The van der Waals surface area contributed by atoms with Crippen LogP contribution in [0.5, 0.6) is 0 Å². The van der Waals surface area contributed by atoms with Crippen molar-refractivity contribution in [2.24, 2.45) is 0 Å². The molecule has 2 aliphatic rings. The van der Waals surface area contributed by atoms with E-state index in [1.165, 1.54) is 15.3 Å². The molecule has 3 unspecified atom stereocenters. The molecule has 0 amide bonds. The number of fused-ring (bicyclic) bond motifs is 3. The van der Waals surface area contributed by atoms with Gasteiger partial charge in [-0.3, -0.25) is 9.36 Å². The lowest BCUT2D eigenvalue weighted by Crippen LogP contribution is -2.38. The van der Waals surface area contributed by atoms with E-state index in [0.29, 0.717) is 11.2 Å². The average Bonchev–Trinajstić information content (AvgIpc) is 2.80. The number of pyridine rings is 1. The SMILES string of the molecule is O=c1ccc2nnn3c2n1C1OC(C3)[C@@H](O)C1O. The molecule has 2 aromatic heterocycles. The van der Waals surface area contributed by atoms with Crippen LogP contribution in [-0.2, 0) is 11.3 Å². The predicted octanol–water partition coefficient (Wildman–Crippen LogP) is -1.77. The van der Waals surface area contributed by atoms with Gasteiger partial charge in [-0.15, -0.1) is 5.10 Å². The van der Waals surface area contributed by atoms with E-state index in [0.717, 1.165) is 0 Å². The quantitative estimate of drug-likeness (QED) is 0.573. The van der Waals surface area contributed by atoms with Crippen LogP contribution in [0.25, 0.3) is 11.2 Å². The van der Waals surface area contributed by atoms with Crippen LogP contribution in [0.3, 0.4) is 0 Å². The molecular formula is C10H10N4O4. The van der Waals surface area contributed by atoms with Crippen molar-refractivity contribution in [2.75, 3.05) is 0 Å². The molecule has 0 saturated carbocycles. The zero-order chi connectivity index (χ0) is 12.4. The first-order chi connectivity index (χ1) is 8.66. The molecule has 4 atom stereocenters. The number of aliphatic hydroxyl groups is 2. The van der Waals surface area contributed by atoms with Crippen LogP contribution in [0.4, 0.5) is 0 Å². The van der Waals surface area contributed by atoms with E-state index in [1.807, 2.05) is 0 Å². The first-order valence-electron chi connectivity index (χ1n) is 5.63. The molecule has 4 rings (SSSR count). The largest absolute Gasteiger partial charge is 0.387 e. The summed E-state index contributed by atoms with van der Waals surface area (Å²) >= 11 is 0. The van der Waals surface area contributed by atoms with E-state index >= 15 is 0 Å². The van der Waals surface area contributed by atoms with Gasteiger partial charge in [0.2, 0.25) is 0 Å². The van der Waals surface area contributed by atoms with Gasteiger partial charge in [0, 0.05) is 6.07 Å². The standard InChI is InChI=1S/C10H10N4O4/c15-6-2-1-4-9-13(12-11-4)3-5-7(16)8(17)10(18-5)14(6)9/h1-2,5,7-8,10,16-17H,3H2/t5?,7-,8?,10?/m1/s1. The molecule has 2 aliphatic heterocycles. The van der Waals surface area contributed by atoms with E-state index in [-0.39, 0.29) is 12.1 Å². The van der Waals surface area contributed by atoms with Gasteiger partial charge >= 0.3 is 0 Å². The Hall–Kier alpha value is -1.77. The van der Waals surface area contributed by atoms with Crippen LogP contribution in [0.1, 0.15) is 6.23 Å². The summed E-state index contributed by atoms with van der Waals surface area (Å²) in [6.45, 7) is 0.259. The maximum absolute atomic E-state index is 12.0. The maximum Gasteiger partial charge on any atom is 0.254 e. The summed E-state index contributed by atoms with van der Waals surface area (Å²) in [5, 5.41) is 27.7. The number of aliphatic hydroxyl groups excluding tert-OH is 2.